The number of halogens is 2. The largest absolute Gasteiger partial charge is 0.373 e. The van der Waals surface area contributed by atoms with Crippen LogP contribution in [-0.4, -0.2) is 58.6 Å². The van der Waals surface area contributed by atoms with E-state index in [0.717, 1.165) is 35.9 Å². The highest BCUT2D eigenvalue weighted by Gasteiger charge is 2.36. The third-order valence-corrected chi connectivity index (χ3v) is 7.60. The first-order valence-electron chi connectivity index (χ1n) is 12.6. The van der Waals surface area contributed by atoms with Gasteiger partial charge in [0.05, 0.1) is 40.9 Å². The number of imidazole rings is 1. The Morgan fingerprint density at radius 1 is 1.22 bits per heavy atom. The highest BCUT2D eigenvalue weighted by atomic mass is 35.5. The number of morpholine rings is 1. The number of aryl methyl sites for hydroxylation is 1. The number of rotatable bonds is 5. The van der Waals surface area contributed by atoms with Crippen LogP contribution in [-0.2, 0) is 20.9 Å². The Balaban J connectivity index is 1.38. The first kappa shape index (κ1) is 23.4. The van der Waals surface area contributed by atoms with Crippen molar-refractivity contribution in [2.75, 3.05) is 31.1 Å². The van der Waals surface area contributed by atoms with Gasteiger partial charge in [0.1, 0.15) is 11.6 Å². The van der Waals surface area contributed by atoms with Gasteiger partial charge in [0.2, 0.25) is 11.8 Å². The van der Waals surface area contributed by atoms with E-state index in [2.05, 4.69) is 0 Å². The van der Waals surface area contributed by atoms with Crippen LogP contribution < -0.4 is 4.90 Å². The topological polar surface area (TPSA) is 67.7 Å². The van der Waals surface area contributed by atoms with Gasteiger partial charge < -0.3 is 19.1 Å². The summed E-state index contributed by atoms with van der Waals surface area (Å²) in [5.41, 5.74) is 3.29. The van der Waals surface area contributed by atoms with Crippen molar-refractivity contribution in [1.29, 1.82) is 0 Å². The third kappa shape index (κ3) is 4.26. The first-order chi connectivity index (χ1) is 17.4. The fraction of sp³-hybridized carbons (Fsp3) is 0.444. The molecule has 0 bridgehead atoms. The average molecular weight is 511 g/mol. The van der Waals surface area contributed by atoms with Crippen LogP contribution in [0.5, 0.6) is 0 Å². The highest BCUT2D eigenvalue weighted by molar-refractivity contribution is 6.33. The molecular formula is C27H28ClFN4O3. The molecule has 1 aliphatic carbocycles. The molecule has 3 aromatic rings. The number of ether oxygens (including phenoxy) is 1. The van der Waals surface area contributed by atoms with E-state index < -0.39 is 5.82 Å². The Morgan fingerprint density at radius 2 is 2.06 bits per heavy atom. The lowest BCUT2D eigenvalue weighted by Gasteiger charge is -2.33. The number of hydrogen-bond acceptors (Lipinski definition) is 4. The minimum atomic E-state index is -0.527. The second kappa shape index (κ2) is 9.16. The summed E-state index contributed by atoms with van der Waals surface area (Å²) in [7, 11) is 0. The zero-order valence-electron chi connectivity index (χ0n) is 20.2. The first-order valence-corrected chi connectivity index (χ1v) is 12.9. The zero-order chi connectivity index (χ0) is 25.0. The van der Waals surface area contributed by atoms with Crippen molar-refractivity contribution in [3.8, 4) is 11.4 Å². The lowest BCUT2D eigenvalue weighted by molar-refractivity contribution is -0.140. The number of aromatic nitrogens is 2. The van der Waals surface area contributed by atoms with Crippen LogP contribution in [0.4, 0.5) is 10.1 Å². The van der Waals surface area contributed by atoms with Crippen LogP contribution in [0.15, 0.2) is 30.3 Å². The molecule has 2 aliphatic heterocycles. The summed E-state index contributed by atoms with van der Waals surface area (Å²) in [6.07, 6.45) is 2.89. The number of benzene rings is 2. The number of hydrogen-bond donors (Lipinski definition) is 0. The summed E-state index contributed by atoms with van der Waals surface area (Å²) in [6.45, 7) is 4.51. The normalized spacial score (nSPS) is 20.5. The van der Waals surface area contributed by atoms with Gasteiger partial charge in [0.25, 0.3) is 0 Å². The second-order valence-electron chi connectivity index (χ2n) is 10.0. The van der Waals surface area contributed by atoms with E-state index in [1.807, 2.05) is 34.6 Å². The Kier molecular flexibility index (Phi) is 5.96. The van der Waals surface area contributed by atoms with Crippen LogP contribution in [0, 0.1) is 18.7 Å². The van der Waals surface area contributed by atoms with Gasteiger partial charge in [-0.25, -0.2) is 9.37 Å². The number of fused-ring (bicyclic) bond motifs is 1. The lowest BCUT2D eigenvalue weighted by atomic mass is 10.1. The summed E-state index contributed by atoms with van der Waals surface area (Å²) in [5.74, 6) is 0.217. The van der Waals surface area contributed by atoms with E-state index in [-0.39, 0.29) is 34.4 Å². The van der Waals surface area contributed by atoms with Crippen molar-refractivity contribution in [2.24, 2.45) is 5.92 Å². The number of amides is 2. The SMILES string of the molecule is Cc1ccc2c(c1)nc(-c1c(F)cc(N3CCCC3=O)cc1Cl)n2C[C@H]1CN(C(=O)C2CC2)CCO1. The van der Waals surface area contributed by atoms with Crippen molar-refractivity contribution < 1.29 is 18.7 Å². The maximum absolute atomic E-state index is 15.6. The third-order valence-electron chi connectivity index (χ3n) is 7.30. The summed E-state index contributed by atoms with van der Waals surface area (Å²) in [6, 6.07) is 8.94. The highest BCUT2D eigenvalue weighted by Crippen LogP contribution is 2.37. The Hall–Kier alpha value is -2.97. The molecule has 3 aliphatic rings. The average Bonchev–Trinajstić information content (AvgIpc) is 3.53. The molecule has 3 heterocycles. The molecule has 1 saturated carbocycles. The predicted molar refractivity (Wildman–Crippen MR) is 136 cm³/mol. The van der Waals surface area contributed by atoms with E-state index in [1.54, 1.807) is 11.0 Å². The minimum Gasteiger partial charge on any atom is -0.373 e. The van der Waals surface area contributed by atoms with Crippen molar-refractivity contribution in [1.82, 2.24) is 14.5 Å². The molecule has 2 amide bonds. The van der Waals surface area contributed by atoms with Gasteiger partial charge in [0.15, 0.2) is 0 Å². The van der Waals surface area contributed by atoms with Gasteiger partial charge in [-0.15, -0.1) is 0 Å². The summed E-state index contributed by atoms with van der Waals surface area (Å²) >= 11 is 6.66. The molecule has 1 atom stereocenters. The van der Waals surface area contributed by atoms with Gasteiger partial charge in [0, 0.05) is 37.7 Å². The molecule has 3 fully saturated rings. The molecule has 2 aromatic carbocycles. The van der Waals surface area contributed by atoms with Gasteiger partial charge in [-0.3, -0.25) is 9.59 Å². The van der Waals surface area contributed by atoms with Gasteiger partial charge in [-0.1, -0.05) is 17.7 Å². The molecule has 0 unspecified atom stereocenters. The van der Waals surface area contributed by atoms with Gasteiger partial charge >= 0.3 is 0 Å². The van der Waals surface area contributed by atoms with Gasteiger partial charge in [-0.2, -0.15) is 0 Å². The number of anilines is 1. The van der Waals surface area contributed by atoms with E-state index in [0.29, 0.717) is 50.7 Å². The lowest BCUT2D eigenvalue weighted by Crippen LogP contribution is -2.47. The van der Waals surface area contributed by atoms with E-state index >= 15 is 4.39 Å². The van der Waals surface area contributed by atoms with Gasteiger partial charge in [-0.05, 0) is 56.0 Å². The number of carbonyl (C=O) groups is 2. The Labute approximate surface area is 213 Å². The van der Waals surface area contributed by atoms with Crippen LogP contribution in [0.3, 0.4) is 0 Å². The molecule has 9 heteroatoms. The maximum Gasteiger partial charge on any atom is 0.227 e. The fourth-order valence-corrected chi connectivity index (χ4v) is 5.57. The Bertz CT molecular complexity index is 1350. The van der Waals surface area contributed by atoms with E-state index in [4.69, 9.17) is 21.3 Å². The molecule has 0 N–H and O–H groups in total. The molecule has 2 saturated heterocycles. The van der Waals surface area contributed by atoms with Crippen LogP contribution in [0.25, 0.3) is 22.4 Å². The predicted octanol–water partition coefficient (Wildman–Crippen LogP) is 4.57. The van der Waals surface area contributed by atoms with Crippen LogP contribution in [0.2, 0.25) is 5.02 Å². The molecule has 7 nitrogen and oxygen atoms in total. The monoisotopic (exact) mass is 510 g/mol. The molecule has 0 radical (unpaired) electrons. The smallest absolute Gasteiger partial charge is 0.227 e. The quantitative estimate of drug-likeness (QED) is 0.504. The number of carbonyl (C=O) groups excluding carboxylic acids is 2. The maximum atomic E-state index is 15.6. The molecule has 188 valence electrons. The summed E-state index contributed by atoms with van der Waals surface area (Å²) in [5, 5.41) is 0.202. The molecule has 36 heavy (non-hydrogen) atoms. The second-order valence-corrected chi connectivity index (χ2v) is 10.4. The summed E-state index contributed by atoms with van der Waals surface area (Å²) in [4.78, 5) is 33.1. The van der Waals surface area contributed by atoms with Crippen molar-refractivity contribution in [2.45, 2.75) is 45.3 Å². The molecular weight excluding hydrogens is 483 g/mol. The Morgan fingerprint density at radius 3 is 2.78 bits per heavy atom. The molecule has 1 aromatic heterocycles. The standard InChI is InChI=1S/C27H28ClFN4O3/c1-16-4-7-23-22(11-16)30-26(25-20(28)12-18(13-21(25)29)32-8-2-3-24(32)34)33(23)15-19-14-31(9-10-36-19)27(35)17-5-6-17/h4,7,11-13,17,19H,2-3,5-6,8-10,14-15H2,1H3/t19-/m1/s1. The summed E-state index contributed by atoms with van der Waals surface area (Å²) < 4.78 is 23.6. The molecule has 0 spiro atoms. The minimum absolute atomic E-state index is 0.0272. The van der Waals surface area contributed by atoms with E-state index in [9.17, 15) is 9.59 Å². The van der Waals surface area contributed by atoms with Crippen molar-refractivity contribution in [3.63, 3.8) is 0 Å². The van der Waals surface area contributed by atoms with Crippen LogP contribution >= 0.6 is 11.6 Å². The molecule has 6 rings (SSSR count). The van der Waals surface area contributed by atoms with Crippen LogP contribution in [0.1, 0.15) is 31.2 Å². The zero-order valence-corrected chi connectivity index (χ0v) is 20.9. The number of nitrogens with zero attached hydrogens (tertiary/aromatic N) is 4. The van der Waals surface area contributed by atoms with E-state index in [1.165, 1.54) is 6.07 Å². The van der Waals surface area contributed by atoms with Crippen molar-refractivity contribution in [3.05, 3.63) is 46.7 Å². The van der Waals surface area contributed by atoms with Crippen molar-refractivity contribution >= 4 is 40.1 Å². The fourth-order valence-electron chi connectivity index (χ4n) is 5.29.